The highest BCUT2D eigenvalue weighted by Crippen LogP contribution is 2.14. The molecule has 20 heavy (non-hydrogen) atoms. The maximum atomic E-state index is 12.1. The van der Waals surface area contributed by atoms with Crippen molar-refractivity contribution in [1.29, 1.82) is 0 Å². The van der Waals surface area contributed by atoms with Crippen molar-refractivity contribution >= 4 is 5.91 Å². The van der Waals surface area contributed by atoms with Crippen LogP contribution in [0, 0.1) is 0 Å². The minimum absolute atomic E-state index is 0.257. The van der Waals surface area contributed by atoms with Crippen molar-refractivity contribution in [1.82, 2.24) is 10.2 Å². The molecule has 4 nitrogen and oxygen atoms in total. The lowest BCUT2D eigenvalue weighted by Gasteiger charge is -2.23. The molecule has 1 heterocycles. The predicted molar refractivity (Wildman–Crippen MR) is 80.0 cm³/mol. The van der Waals surface area contributed by atoms with Crippen molar-refractivity contribution in [2.75, 3.05) is 27.2 Å². The Morgan fingerprint density at radius 2 is 2.15 bits per heavy atom. The van der Waals surface area contributed by atoms with Crippen LogP contribution < -0.4 is 10.1 Å². The minimum atomic E-state index is 0.257. The number of amides is 1. The average molecular weight is 276 g/mol. The molecule has 0 spiro atoms. The van der Waals surface area contributed by atoms with E-state index in [1.165, 1.54) is 5.56 Å². The summed E-state index contributed by atoms with van der Waals surface area (Å²) < 4.78 is 5.13. The lowest BCUT2D eigenvalue weighted by atomic mass is 10.1. The van der Waals surface area contributed by atoms with E-state index in [2.05, 4.69) is 17.4 Å². The molecular weight excluding hydrogens is 252 g/mol. The zero-order valence-electron chi connectivity index (χ0n) is 12.4. The highest BCUT2D eigenvalue weighted by Gasteiger charge is 2.22. The van der Waals surface area contributed by atoms with E-state index < -0.39 is 0 Å². The van der Waals surface area contributed by atoms with Gasteiger partial charge in [-0.25, -0.2) is 0 Å². The number of ether oxygens (including phenoxy) is 1. The normalized spacial score (nSPS) is 18.0. The first kappa shape index (κ1) is 14.9. The molecule has 0 saturated carbocycles. The lowest BCUT2D eigenvalue weighted by Crippen LogP contribution is -2.38. The molecule has 1 saturated heterocycles. The molecular formula is C16H24N2O2. The van der Waals surface area contributed by atoms with Crippen LogP contribution in [0.15, 0.2) is 24.3 Å². The highest BCUT2D eigenvalue weighted by molar-refractivity contribution is 5.76. The highest BCUT2D eigenvalue weighted by atomic mass is 16.5. The number of likely N-dealkylation sites (N-methyl/N-ethyl adjacent to an activating group) is 1. The molecule has 1 aromatic rings. The second kappa shape index (κ2) is 7.29. The summed E-state index contributed by atoms with van der Waals surface area (Å²) in [5.41, 5.74) is 1.25. The second-order valence-corrected chi connectivity index (χ2v) is 5.35. The Balaban J connectivity index is 1.72. The fraction of sp³-hybridized carbons (Fsp3) is 0.562. The number of nitrogens with one attached hydrogen (secondary N) is 1. The fourth-order valence-electron chi connectivity index (χ4n) is 2.59. The average Bonchev–Trinajstić information content (AvgIpc) is 3.01. The first-order chi connectivity index (χ1) is 9.70. The first-order valence-electron chi connectivity index (χ1n) is 7.30. The van der Waals surface area contributed by atoms with Gasteiger partial charge in [-0.1, -0.05) is 12.1 Å². The zero-order chi connectivity index (χ0) is 14.4. The molecule has 1 amide bonds. The van der Waals surface area contributed by atoms with E-state index in [4.69, 9.17) is 4.74 Å². The molecule has 1 unspecified atom stereocenters. The van der Waals surface area contributed by atoms with Crippen molar-refractivity contribution in [2.45, 2.75) is 31.7 Å². The molecule has 1 atom stereocenters. The number of hydrogen-bond donors (Lipinski definition) is 1. The van der Waals surface area contributed by atoms with Crippen LogP contribution in [-0.4, -0.2) is 44.1 Å². The fourth-order valence-corrected chi connectivity index (χ4v) is 2.59. The number of rotatable bonds is 6. The molecule has 0 bridgehead atoms. The molecule has 1 aromatic carbocycles. The van der Waals surface area contributed by atoms with Crippen LogP contribution in [0.5, 0.6) is 5.75 Å². The van der Waals surface area contributed by atoms with Crippen LogP contribution in [0.25, 0.3) is 0 Å². The number of methoxy groups -OCH3 is 1. The van der Waals surface area contributed by atoms with Gasteiger partial charge in [0.1, 0.15) is 5.75 Å². The van der Waals surface area contributed by atoms with E-state index in [-0.39, 0.29) is 5.91 Å². The topological polar surface area (TPSA) is 41.6 Å². The molecule has 1 N–H and O–H groups in total. The van der Waals surface area contributed by atoms with E-state index in [1.807, 2.05) is 24.1 Å². The molecule has 2 rings (SSSR count). The van der Waals surface area contributed by atoms with Gasteiger partial charge >= 0.3 is 0 Å². The quantitative estimate of drug-likeness (QED) is 0.862. The van der Waals surface area contributed by atoms with Gasteiger partial charge < -0.3 is 15.0 Å². The van der Waals surface area contributed by atoms with E-state index in [0.717, 1.165) is 38.1 Å². The molecule has 1 aliphatic heterocycles. The van der Waals surface area contributed by atoms with Gasteiger partial charge in [-0.3, -0.25) is 4.79 Å². The van der Waals surface area contributed by atoms with E-state index in [0.29, 0.717) is 12.5 Å². The van der Waals surface area contributed by atoms with Gasteiger partial charge in [0.25, 0.3) is 0 Å². The van der Waals surface area contributed by atoms with Crippen LogP contribution in [0.3, 0.4) is 0 Å². The maximum absolute atomic E-state index is 12.1. The van der Waals surface area contributed by atoms with Gasteiger partial charge in [-0.2, -0.15) is 0 Å². The number of aryl methyl sites for hydroxylation is 1. The van der Waals surface area contributed by atoms with Gasteiger partial charge in [0, 0.05) is 26.1 Å². The van der Waals surface area contributed by atoms with Crippen LogP contribution in [-0.2, 0) is 11.2 Å². The second-order valence-electron chi connectivity index (χ2n) is 5.35. The van der Waals surface area contributed by atoms with Crippen molar-refractivity contribution in [3.05, 3.63) is 29.8 Å². The molecule has 110 valence electrons. The lowest BCUT2D eigenvalue weighted by molar-refractivity contribution is -0.131. The number of benzene rings is 1. The van der Waals surface area contributed by atoms with Crippen LogP contribution in [0.1, 0.15) is 24.8 Å². The molecule has 1 aliphatic rings. The number of carbonyl (C=O) groups excluding carboxylic acids is 1. The Kier molecular flexibility index (Phi) is 5.41. The van der Waals surface area contributed by atoms with E-state index in [1.54, 1.807) is 7.11 Å². The smallest absolute Gasteiger partial charge is 0.222 e. The van der Waals surface area contributed by atoms with E-state index in [9.17, 15) is 4.79 Å². The maximum Gasteiger partial charge on any atom is 0.222 e. The van der Waals surface area contributed by atoms with Crippen molar-refractivity contribution in [2.24, 2.45) is 0 Å². The Morgan fingerprint density at radius 1 is 1.40 bits per heavy atom. The summed E-state index contributed by atoms with van der Waals surface area (Å²) in [6.45, 7) is 1.95. The molecule has 0 radical (unpaired) electrons. The van der Waals surface area contributed by atoms with Gasteiger partial charge in [-0.15, -0.1) is 0 Å². The number of nitrogens with zero attached hydrogens (tertiary/aromatic N) is 1. The van der Waals surface area contributed by atoms with Crippen molar-refractivity contribution in [3.8, 4) is 5.75 Å². The third-order valence-electron chi connectivity index (χ3n) is 3.99. The minimum Gasteiger partial charge on any atom is -0.497 e. The third kappa shape index (κ3) is 3.97. The van der Waals surface area contributed by atoms with Gasteiger partial charge in [-0.05, 0) is 43.5 Å². The summed E-state index contributed by atoms with van der Waals surface area (Å²) in [4.78, 5) is 14.0. The van der Waals surface area contributed by atoms with Gasteiger partial charge in [0.05, 0.1) is 7.11 Å². The third-order valence-corrected chi connectivity index (χ3v) is 3.99. The standard InChI is InChI=1S/C16H24N2O2/c1-18(14-10-11-17-12-14)16(19)5-3-4-13-6-8-15(20-2)9-7-13/h6-9,14,17H,3-5,10-12H2,1-2H3. The van der Waals surface area contributed by atoms with Crippen LogP contribution in [0.2, 0.25) is 0 Å². The van der Waals surface area contributed by atoms with Gasteiger partial charge in [0.2, 0.25) is 5.91 Å². The van der Waals surface area contributed by atoms with Crippen LogP contribution >= 0.6 is 0 Å². The summed E-state index contributed by atoms with van der Waals surface area (Å²) in [6.07, 6.45) is 3.53. The zero-order valence-corrected chi connectivity index (χ0v) is 12.4. The Bertz CT molecular complexity index is 425. The summed E-state index contributed by atoms with van der Waals surface area (Å²) in [5, 5.41) is 3.30. The predicted octanol–water partition coefficient (Wildman–Crippen LogP) is 1.84. The molecule has 0 aromatic heterocycles. The van der Waals surface area contributed by atoms with Crippen LogP contribution in [0.4, 0.5) is 0 Å². The number of carbonyl (C=O) groups is 1. The first-order valence-corrected chi connectivity index (χ1v) is 7.30. The summed E-state index contributed by atoms with van der Waals surface area (Å²) in [7, 11) is 3.59. The largest absolute Gasteiger partial charge is 0.497 e. The monoisotopic (exact) mass is 276 g/mol. The van der Waals surface area contributed by atoms with Crippen molar-refractivity contribution in [3.63, 3.8) is 0 Å². The van der Waals surface area contributed by atoms with E-state index >= 15 is 0 Å². The summed E-state index contributed by atoms with van der Waals surface area (Å²) in [5.74, 6) is 1.13. The Hall–Kier alpha value is -1.55. The Labute approximate surface area is 121 Å². The number of hydrogen-bond acceptors (Lipinski definition) is 3. The Morgan fingerprint density at radius 3 is 2.75 bits per heavy atom. The van der Waals surface area contributed by atoms with Gasteiger partial charge in [0.15, 0.2) is 0 Å². The molecule has 0 aliphatic carbocycles. The summed E-state index contributed by atoms with van der Waals surface area (Å²) >= 11 is 0. The summed E-state index contributed by atoms with van der Waals surface area (Å²) in [6, 6.07) is 8.44. The molecule has 4 heteroatoms. The van der Waals surface area contributed by atoms with Crippen molar-refractivity contribution < 1.29 is 9.53 Å². The SMILES string of the molecule is COc1ccc(CCCC(=O)N(C)C2CCNC2)cc1. The molecule has 1 fully saturated rings.